The Labute approximate surface area is 170 Å². The monoisotopic (exact) mass is 392 g/mol. The molecule has 0 spiro atoms. The molecule has 0 radical (unpaired) electrons. The molecule has 2 aromatic carbocycles. The van der Waals surface area contributed by atoms with Crippen molar-refractivity contribution in [2.45, 2.75) is 20.0 Å². The summed E-state index contributed by atoms with van der Waals surface area (Å²) in [5, 5.41) is 0.709. The first-order valence-corrected chi connectivity index (χ1v) is 9.90. The highest BCUT2D eigenvalue weighted by Gasteiger charge is 2.29. The summed E-state index contributed by atoms with van der Waals surface area (Å²) in [7, 11) is 3.43. The second kappa shape index (κ2) is 8.93. The number of hydrogen-bond acceptors (Lipinski definition) is 4. The predicted molar refractivity (Wildman–Crippen MR) is 118 cm³/mol. The molecular weight excluding hydrogens is 368 g/mol. The summed E-state index contributed by atoms with van der Waals surface area (Å²) in [5.41, 5.74) is 4.36. The highest BCUT2D eigenvalue weighted by atomic mass is 32.2. The van der Waals surface area contributed by atoms with E-state index in [0.717, 1.165) is 22.4 Å². The molecule has 0 bridgehead atoms. The molecule has 1 aliphatic rings. The number of benzene rings is 2. The van der Waals surface area contributed by atoms with Gasteiger partial charge in [0, 0.05) is 14.1 Å². The van der Waals surface area contributed by atoms with Crippen LogP contribution in [-0.4, -0.2) is 30.1 Å². The summed E-state index contributed by atoms with van der Waals surface area (Å²) < 4.78 is 6.06. The van der Waals surface area contributed by atoms with Gasteiger partial charge in [0.25, 0.3) is 5.91 Å². The molecule has 0 aromatic heterocycles. The van der Waals surface area contributed by atoms with Crippen LogP contribution in [0, 0.1) is 6.92 Å². The summed E-state index contributed by atoms with van der Waals surface area (Å²) in [6.07, 6.45) is 4.46. The number of nitrogens with zero attached hydrogens (tertiary/aromatic N) is 2. The van der Waals surface area contributed by atoms with Crippen LogP contribution in [0.2, 0.25) is 0 Å². The molecule has 5 heteroatoms. The molecule has 1 amide bonds. The number of carbonyl (C=O) groups excluding carboxylic acids is 1. The Kier molecular flexibility index (Phi) is 6.37. The van der Waals surface area contributed by atoms with E-state index in [2.05, 4.69) is 42.8 Å². The lowest BCUT2D eigenvalue weighted by Crippen LogP contribution is -2.23. The van der Waals surface area contributed by atoms with Crippen molar-refractivity contribution in [1.29, 1.82) is 0 Å². The van der Waals surface area contributed by atoms with E-state index >= 15 is 0 Å². The Bertz CT molecular complexity index is 963. The van der Waals surface area contributed by atoms with Crippen LogP contribution in [-0.2, 0) is 17.8 Å². The van der Waals surface area contributed by atoms with Gasteiger partial charge in [-0.3, -0.25) is 14.7 Å². The van der Waals surface area contributed by atoms with E-state index in [4.69, 9.17) is 4.74 Å². The molecular formula is C23H24N2O2S. The molecule has 0 aliphatic carbocycles. The molecule has 3 rings (SSSR count). The number of likely N-dealkylation sites (N-methyl/N-ethyl adjacent to an activating group) is 1. The van der Waals surface area contributed by atoms with Crippen LogP contribution in [0.5, 0.6) is 5.75 Å². The molecule has 2 aromatic rings. The number of thioether (sulfide) groups is 1. The van der Waals surface area contributed by atoms with Gasteiger partial charge >= 0.3 is 0 Å². The summed E-state index contributed by atoms with van der Waals surface area (Å²) in [6, 6.07) is 14.3. The van der Waals surface area contributed by atoms with Crippen molar-refractivity contribution in [1.82, 2.24) is 4.90 Å². The molecule has 1 fully saturated rings. The molecule has 0 atom stereocenters. The molecule has 1 heterocycles. The van der Waals surface area contributed by atoms with Crippen molar-refractivity contribution in [3.8, 4) is 5.75 Å². The second-order valence-electron chi connectivity index (χ2n) is 6.62. The fourth-order valence-corrected chi connectivity index (χ4v) is 3.94. The third-order valence-corrected chi connectivity index (χ3v) is 5.57. The molecule has 0 saturated carbocycles. The molecule has 144 valence electrons. The minimum Gasteiger partial charge on any atom is -0.489 e. The smallest absolute Gasteiger partial charge is 0.266 e. The first-order valence-electron chi connectivity index (χ1n) is 9.08. The van der Waals surface area contributed by atoms with Crippen LogP contribution in [0.4, 0.5) is 0 Å². The number of amides is 1. The number of aliphatic imine (C=N–C) groups is 1. The average molecular weight is 393 g/mol. The lowest BCUT2D eigenvalue weighted by atomic mass is 10.1. The van der Waals surface area contributed by atoms with Crippen LogP contribution in [0.25, 0.3) is 6.08 Å². The van der Waals surface area contributed by atoms with Crippen molar-refractivity contribution in [2.75, 3.05) is 14.1 Å². The quantitative estimate of drug-likeness (QED) is 0.522. The minimum atomic E-state index is -0.0318. The predicted octanol–water partition coefficient (Wildman–Crippen LogP) is 4.83. The van der Waals surface area contributed by atoms with Crippen molar-refractivity contribution in [2.24, 2.45) is 4.99 Å². The molecule has 1 aliphatic heterocycles. The number of rotatable bonds is 6. The number of ether oxygens (including phenoxy) is 1. The van der Waals surface area contributed by atoms with Gasteiger partial charge in [0.15, 0.2) is 5.17 Å². The lowest BCUT2D eigenvalue weighted by Gasteiger charge is -2.12. The fraction of sp³-hybridized carbons (Fsp3) is 0.217. The van der Waals surface area contributed by atoms with E-state index in [1.54, 1.807) is 19.0 Å². The van der Waals surface area contributed by atoms with E-state index < -0.39 is 0 Å². The van der Waals surface area contributed by atoms with E-state index in [1.165, 1.54) is 17.3 Å². The second-order valence-corrected chi connectivity index (χ2v) is 7.63. The zero-order valence-electron chi connectivity index (χ0n) is 16.4. The topological polar surface area (TPSA) is 41.9 Å². The third kappa shape index (κ3) is 4.54. The standard InChI is InChI=1S/C23H24N2O2S/c1-5-7-19-13-17(14-21-22(26)25(4)23(24-3)28-21)10-11-20(19)27-15-18-9-6-8-16(2)12-18/h5-6,8-14H,1,7,15H2,2-4H3/b21-14-,24-23?. The Morgan fingerprint density at radius 3 is 2.75 bits per heavy atom. The first-order chi connectivity index (χ1) is 13.5. The normalized spacial score (nSPS) is 16.8. The maximum Gasteiger partial charge on any atom is 0.266 e. The van der Waals surface area contributed by atoms with E-state index in [9.17, 15) is 4.79 Å². The molecule has 1 saturated heterocycles. The molecule has 0 N–H and O–H groups in total. The molecule has 0 unspecified atom stereocenters. The minimum absolute atomic E-state index is 0.0318. The van der Waals surface area contributed by atoms with E-state index in [0.29, 0.717) is 23.1 Å². The number of aryl methyl sites for hydroxylation is 1. The summed E-state index contributed by atoms with van der Waals surface area (Å²) >= 11 is 1.39. The number of hydrogen-bond donors (Lipinski definition) is 0. The Morgan fingerprint density at radius 1 is 1.25 bits per heavy atom. The van der Waals surface area contributed by atoms with Gasteiger partial charge in [-0.1, -0.05) is 42.0 Å². The SMILES string of the molecule is C=CCc1cc(/C=C2\SC(=NC)N(C)C2=O)ccc1OCc1cccc(C)c1. The van der Waals surface area contributed by atoms with Gasteiger partial charge in [-0.15, -0.1) is 6.58 Å². The molecule has 4 nitrogen and oxygen atoms in total. The van der Waals surface area contributed by atoms with Crippen LogP contribution < -0.4 is 4.74 Å². The van der Waals surface area contributed by atoms with Crippen molar-refractivity contribution >= 4 is 28.9 Å². The van der Waals surface area contributed by atoms with Gasteiger partial charge in [-0.2, -0.15) is 0 Å². The summed E-state index contributed by atoms with van der Waals surface area (Å²) in [5.74, 6) is 0.803. The van der Waals surface area contributed by atoms with E-state index in [1.807, 2.05) is 30.4 Å². The van der Waals surface area contributed by atoms with Crippen LogP contribution in [0.1, 0.15) is 22.3 Å². The van der Waals surface area contributed by atoms with Gasteiger partial charge in [0.1, 0.15) is 12.4 Å². The summed E-state index contributed by atoms with van der Waals surface area (Å²) in [6.45, 7) is 6.44. The number of allylic oxidation sites excluding steroid dienone is 1. The zero-order valence-corrected chi connectivity index (χ0v) is 17.3. The van der Waals surface area contributed by atoms with Gasteiger partial charge < -0.3 is 4.74 Å². The fourth-order valence-electron chi connectivity index (χ4n) is 3.01. The van der Waals surface area contributed by atoms with Crippen molar-refractivity contribution < 1.29 is 9.53 Å². The van der Waals surface area contributed by atoms with Gasteiger partial charge in [-0.05, 0) is 60.0 Å². The average Bonchev–Trinajstić information content (AvgIpc) is 2.95. The van der Waals surface area contributed by atoms with Crippen LogP contribution in [0.15, 0.2) is 65.0 Å². The maximum atomic E-state index is 12.4. The largest absolute Gasteiger partial charge is 0.489 e. The van der Waals surface area contributed by atoms with Gasteiger partial charge in [0.05, 0.1) is 4.91 Å². The van der Waals surface area contributed by atoms with Crippen LogP contribution >= 0.6 is 11.8 Å². The Hall–Kier alpha value is -2.79. The third-order valence-electron chi connectivity index (χ3n) is 4.42. The number of amidine groups is 1. The number of carbonyl (C=O) groups is 1. The van der Waals surface area contributed by atoms with Gasteiger partial charge in [0.2, 0.25) is 0 Å². The van der Waals surface area contributed by atoms with Crippen molar-refractivity contribution in [3.63, 3.8) is 0 Å². The lowest BCUT2D eigenvalue weighted by molar-refractivity contribution is -0.121. The van der Waals surface area contributed by atoms with Crippen LogP contribution in [0.3, 0.4) is 0 Å². The summed E-state index contributed by atoms with van der Waals surface area (Å²) in [4.78, 5) is 18.7. The Balaban J connectivity index is 1.82. The highest BCUT2D eigenvalue weighted by Crippen LogP contribution is 2.32. The highest BCUT2D eigenvalue weighted by molar-refractivity contribution is 8.18. The first kappa shape index (κ1) is 20.0. The maximum absolute atomic E-state index is 12.4. The van der Waals surface area contributed by atoms with Crippen molar-refractivity contribution in [3.05, 3.63) is 82.3 Å². The zero-order chi connectivity index (χ0) is 20.1. The molecule has 28 heavy (non-hydrogen) atoms. The van der Waals surface area contributed by atoms with E-state index in [-0.39, 0.29) is 5.91 Å². The Morgan fingerprint density at radius 2 is 2.07 bits per heavy atom. The van der Waals surface area contributed by atoms with Gasteiger partial charge in [-0.25, -0.2) is 0 Å².